The summed E-state index contributed by atoms with van der Waals surface area (Å²) in [5, 5.41) is 0. The lowest BCUT2D eigenvalue weighted by molar-refractivity contribution is -0.132. The molecule has 2 nitrogen and oxygen atoms in total. The van der Waals surface area contributed by atoms with E-state index in [9.17, 15) is 9.59 Å². The Labute approximate surface area is 164 Å². The second-order valence-corrected chi connectivity index (χ2v) is 9.27. The van der Waals surface area contributed by atoms with Gasteiger partial charge in [0.2, 0.25) is 0 Å². The van der Waals surface area contributed by atoms with Crippen LogP contribution in [0.25, 0.3) is 0 Å². The van der Waals surface area contributed by atoms with Crippen molar-refractivity contribution in [3.8, 4) is 9.85 Å². The standard InChI is InChI=1S/C22H25IO2/c1-14-12-16-17-4-5-20(25)21(17,2)9-7-18(16)22(8-3-11-23)10-6-15(24)13-19(14)22/h13,16-18H,1,4-10,12H2,2H3/t16-,17-,18-,21-,22+/m0/s1. The predicted molar refractivity (Wildman–Crippen MR) is 107 cm³/mol. The van der Waals surface area contributed by atoms with Crippen molar-refractivity contribution in [2.45, 2.75) is 58.3 Å². The molecular formula is C22H25IO2. The molecule has 0 aromatic heterocycles. The number of halogens is 1. The van der Waals surface area contributed by atoms with E-state index in [4.69, 9.17) is 0 Å². The van der Waals surface area contributed by atoms with E-state index in [1.807, 2.05) is 6.08 Å². The van der Waals surface area contributed by atoms with Crippen molar-refractivity contribution in [2.75, 3.05) is 0 Å². The third-order valence-corrected chi connectivity index (χ3v) is 8.23. The number of hydrogen-bond acceptors (Lipinski definition) is 2. The molecular weight excluding hydrogens is 423 g/mol. The fourth-order valence-corrected chi connectivity index (χ4v) is 6.82. The molecule has 4 rings (SSSR count). The van der Waals surface area contributed by atoms with Gasteiger partial charge in [-0.15, -0.1) is 0 Å². The molecule has 0 amide bonds. The normalized spacial score (nSPS) is 42.7. The van der Waals surface area contributed by atoms with E-state index in [1.54, 1.807) is 0 Å². The Balaban J connectivity index is 1.80. The summed E-state index contributed by atoms with van der Waals surface area (Å²) in [6.07, 6.45) is 9.07. The van der Waals surface area contributed by atoms with Crippen LogP contribution in [0.3, 0.4) is 0 Å². The lowest BCUT2D eigenvalue weighted by Crippen LogP contribution is -2.52. The van der Waals surface area contributed by atoms with Crippen molar-refractivity contribution in [1.82, 2.24) is 0 Å². The molecule has 0 aromatic carbocycles. The predicted octanol–water partition coefficient (Wildman–Crippen LogP) is 5.02. The number of Topliss-reactive ketones (excluding diaryl/α,β-unsaturated/α-hetero) is 1. The Morgan fingerprint density at radius 1 is 1.24 bits per heavy atom. The van der Waals surface area contributed by atoms with Gasteiger partial charge in [0.15, 0.2) is 5.78 Å². The maximum atomic E-state index is 12.6. The molecule has 4 aliphatic rings. The highest BCUT2D eigenvalue weighted by molar-refractivity contribution is 14.1. The Morgan fingerprint density at radius 3 is 2.80 bits per heavy atom. The van der Waals surface area contributed by atoms with Crippen molar-refractivity contribution < 1.29 is 9.59 Å². The zero-order valence-electron chi connectivity index (χ0n) is 14.9. The quantitative estimate of drug-likeness (QED) is 0.417. The summed E-state index contributed by atoms with van der Waals surface area (Å²) in [4.78, 5) is 24.7. The van der Waals surface area contributed by atoms with Crippen LogP contribution in [0.5, 0.6) is 0 Å². The van der Waals surface area contributed by atoms with Gasteiger partial charge < -0.3 is 0 Å². The minimum absolute atomic E-state index is 0.0148. The molecule has 0 saturated heterocycles. The molecule has 0 bridgehead atoms. The Hall–Kier alpha value is -0.890. The fraction of sp³-hybridized carbons (Fsp3) is 0.636. The molecule has 3 fully saturated rings. The number of hydrogen-bond donors (Lipinski definition) is 0. The average Bonchev–Trinajstić information content (AvgIpc) is 2.90. The van der Waals surface area contributed by atoms with Gasteiger partial charge in [-0.1, -0.05) is 25.0 Å². The van der Waals surface area contributed by atoms with Crippen molar-refractivity contribution in [1.29, 1.82) is 0 Å². The van der Waals surface area contributed by atoms with Gasteiger partial charge in [0.25, 0.3) is 0 Å². The fourth-order valence-electron chi connectivity index (χ4n) is 6.63. The maximum absolute atomic E-state index is 12.6. The molecule has 0 spiro atoms. The molecule has 5 atom stereocenters. The van der Waals surface area contributed by atoms with E-state index in [0.29, 0.717) is 30.0 Å². The Bertz CT molecular complexity index is 752. The monoisotopic (exact) mass is 448 g/mol. The van der Waals surface area contributed by atoms with Crippen LogP contribution in [-0.2, 0) is 9.59 Å². The van der Waals surface area contributed by atoms with Crippen LogP contribution in [0.2, 0.25) is 0 Å². The number of carbonyl (C=O) groups is 2. The summed E-state index contributed by atoms with van der Waals surface area (Å²) in [7, 11) is 0. The zero-order chi connectivity index (χ0) is 17.8. The summed E-state index contributed by atoms with van der Waals surface area (Å²) in [6, 6.07) is 0. The van der Waals surface area contributed by atoms with Crippen LogP contribution in [0.4, 0.5) is 0 Å². The first kappa shape index (κ1) is 17.5. The van der Waals surface area contributed by atoms with Gasteiger partial charge in [0.05, 0.1) is 0 Å². The Morgan fingerprint density at radius 2 is 2.04 bits per heavy atom. The summed E-state index contributed by atoms with van der Waals surface area (Å²) < 4.78 is 3.05. The van der Waals surface area contributed by atoms with Crippen LogP contribution >= 0.6 is 22.6 Å². The lowest BCUT2D eigenvalue weighted by Gasteiger charge is -2.58. The smallest absolute Gasteiger partial charge is 0.156 e. The van der Waals surface area contributed by atoms with Crippen LogP contribution in [-0.4, -0.2) is 11.6 Å². The summed E-state index contributed by atoms with van der Waals surface area (Å²) in [5.74, 6) is 5.60. The van der Waals surface area contributed by atoms with Gasteiger partial charge in [-0.25, -0.2) is 0 Å². The third kappa shape index (κ3) is 2.43. The number of fused-ring (bicyclic) bond motifs is 5. The van der Waals surface area contributed by atoms with Crippen LogP contribution in [0, 0.1) is 38.4 Å². The van der Waals surface area contributed by atoms with Crippen LogP contribution in [0.15, 0.2) is 23.8 Å². The zero-order valence-corrected chi connectivity index (χ0v) is 17.0. The van der Waals surface area contributed by atoms with Gasteiger partial charge in [-0.2, -0.15) is 0 Å². The van der Waals surface area contributed by atoms with E-state index >= 15 is 0 Å². The average molecular weight is 448 g/mol. The summed E-state index contributed by atoms with van der Waals surface area (Å²) in [6.45, 7) is 6.58. The van der Waals surface area contributed by atoms with E-state index < -0.39 is 0 Å². The first-order valence-corrected chi connectivity index (χ1v) is 10.6. The van der Waals surface area contributed by atoms with Crippen molar-refractivity contribution in [2.24, 2.45) is 28.6 Å². The summed E-state index contributed by atoms with van der Waals surface area (Å²) in [5.41, 5.74) is 2.19. The molecule has 0 aromatic rings. The van der Waals surface area contributed by atoms with Gasteiger partial charge in [0, 0.05) is 52.7 Å². The van der Waals surface area contributed by atoms with E-state index in [-0.39, 0.29) is 16.6 Å². The highest BCUT2D eigenvalue weighted by atomic mass is 127. The van der Waals surface area contributed by atoms with Crippen molar-refractivity contribution in [3.63, 3.8) is 0 Å². The third-order valence-electron chi connectivity index (χ3n) is 7.85. The van der Waals surface area contributed by atoms with Gasteiger partial charge in [-0.3, -0.25) is 9.59 Å². The van der Waals surface area contributed by atoms with Crippen LogP contribution < -0.4 is 0 Å². The molecule has 0 heterocycles. The summed E-state index contributed by atoms with van der Waals surface area (Å²) >= 11 is 2.12. The van der Waals surface area contributed by atoms with Crippen molar-refractivity contribution >= 4 is 34.2 Å². The van der Waals surface area contributed by atoms with E-state index in [0.717, 1.165) is 50.5 Å². The molecule has 3 saturated carbocycles. The second kappa shape index (κ2) is 6.08. The van der Waals surface area contributed by atoms with E-state index in [2.05, 4.69) is 45.9 Å². The first-order chi connectivity index (χ1) is 11.9. The number of allylic oxidation sites excluding steroid dienone is 2. The van der Waals surface area contributed by atoms with Gasteiger partial charge in [0.1, 0.15) is 5.78 Å². The molecule has 3 heteroatoms. The molecule has 0 N–H and O–H groups in total. The van der Waals surface area contributed by atoms with Gasteiger partial charge in [-0.05, 0) is 65.4 Å². The highest BCUT2D eigenvalue weighted by Gasteiger charge is 2.60. The molecule has 132 valence electrons. The SMILES string of the molecule is C=C1C[C@@H]2[C@H](CC[C@]3(C)C(=O)CC[C@@H]23)[C@@]2(CC#CI)CCC(=O)C=C12. The van der Waals surface area contributed by atoms with Crippen LogP contribution in [0.1, 0.15) is 58.3 Å². The number of ketones is 2. The second-order valence-electron chi connectivity index (χ2n) is 8.73. The largest absolute Gasteiger partial charge is 0.299 e. The van der Waals surface area contributed by atoms with E-state index in [1.165, 1.54) is 5.57 Å². The number of carbonyl (C=O) groups excluding carboxylic acids is 2. The highest BCUT2D eigenvalue weighted by Crippen LogP contribution is 2.66. The lowest BCUT2D eigenvalue weighted by atomic mass is 9.45. The molecule has 0 aliphatic heterocycles. The minimum atomic E-state index is -0.122. The topological polar surface area (TPSA) is 34.1 Å². The first-order valence-electron chi connectivity index (χ1n) is 9.47. The maximum Gasteiger partial charge on any atom is 0.156 e. The molecule has 4 aliphatic carbocycles. The molecule has 25 heavy (non-hydrogen) atoms. The molecule has 0 radical (unpaired) electrons. The van der Waals surface area contributed by atoms with Gasteiger partial charge >= 0.3 is 0 Å². The number of rotatable bonds is 1. The Kier molecular flexibility index (Phi) is 4.26. The molecule has 0 unspecified atom stereocenters. The minimum Gasteiger partial charge on any atom is -0.299 e. The van der Waals surface area contributed by atoms with Crippen molar-refractivity contribution in [3.05, 3.63) is 23.8 Å².